The molecule has 0 bridgehead atoms. The van der Waals surface area contributed by atoms with Crippen LogP contribution < -0.4 is 15.4 Å². The van der Waals surface area contributed by atoms with Gasteiger partial charge in [0.25, 0.3) is 0 Å². The fourth-order valence-electron chi connectivity index (χ4n) is 1.60. The number of carboxylic acid groups (broad SMARTS) is 1. The fraction of sp³-hybridized carbons (Fsp3) is 0.429. The topological polar surface area (TPSA) is 87.7 Å². The largest absolute Gasteiger partial charge is 0.494 e. The van der Waals surface area contributed by atoms with Gasteiger partial charge in [0.1, 0.15) is 5.75 Å². The van der Waals surface area contributed by atoms with Crippen molar-refractivity contribution in [2.75, 3.05) is 13.2 Å². The molecule has 0 unspecified atom stereocenters. The third kappa shape index (κ3) is 6.63. The van der Waals surface area contributed by atoms with Gasteiger partial charge >= 0.3 is 12.0 Å². The summed E-state index contributed by atoms with van der Waals surface area (Å²) in [5.41, 5.74) is 0.941. The molecule has 0 saturated heterocycles. The average Bonchev–Trinajstić information content (AvgIpc) is 2.42. The Morgan fingerprint density at radius 1 is 1.30 bits per heavy atom. The van der Waals surface area contributed by atoms with Gasteiger partial charge in [0, 0.05) is 19.5 Å². The third-order valence-corrected chi connectivity index (χ3v) is 2.52. The number of carbonyl (C=O) groups excluding carboxylic acids is 1. The third-order valence-electron chi connectivity index (χ3n) is 2.52. The standard InChI is InChI=1S/C14H20N2O4/c1-2-20-12-6-3-5-11(9-12)10-16-14(19)15-8-4-7-13(17)18/h3,5-6,9H,2,4,7-8,10H2,1H3,(H,17,18)(H2,15,16,19). The quantitative estimate of drug-likeness (QED) is 0.633. The van der Waals surface area contributed by atoms with E-state index in [0.717, 1.165) is 11.3 Å². The van der Waals surface area contributed by atoms with E-state index in [1.54, 1.807) is 0 Å². The number of nitrogens with one attached hydrogen (secondary N) is 2. The number of carboxylic acids is 1. The molecule has 0 heterocycles. The molecule has 0 aromatic heterocycles. The van der Waals surface area contributed by atoms with Gasteiger partial charge in [-0.2, -0.15) is 0 Å². The van der Waals surface area contributed by atoms with E-state index in [1.165, 1.54) is 0 Å². The molecule has 0 aliphatic heterocycles. The Morgan fingerprint density at radius 2 is 2.10 bits per heavy atom. The van der Waals surface area contributed by atoms with E-state index in [9.17, 15) is 9.59 Å². The van der Waals surface area contributed by atoms with Crippen LogP contribution in [0.15, 0.2) is 24.3 Å². The highest BCUT2D eigenvalue weighted by molar-refractivity contribution is 5.73. The van der Waals surface area contributed by atoms with Crippen LogP contribution in [0.2, 0.25) is 0 Å². The van der Waals surface area contributed by atoms with Gasteiger partial charge in [0.05, 0.1) is 6.61 Å². The van der Waals surface area contributed by atoms with Crippen LogP contribution in [0.4, 0.5) is 4.79 Å². The van der Waals surface area contributed by atoms with Gasteiger partial charge in [0.15, 0.2) is 0 Å². The summed E-state index contributed by atoms with van der Waals surface area (Å²) < 4.78 is 5.37. The molecule has 0 aliphatic carbocycles. The first-order valence-electron chi connectivity index (χ1n) is 6.57. The zero-order valence-corrected chi connectivity index (χ0v) is 11.5. The van der Waals surface area contributed by atoms with E-state index in [2.05, 4.69) is 10.6 Å². The molecule has 6 nitrogen and oxygen atoms in total. The minimum Gasteiger partial charge on any atom is -0.494 e. The lowest BCUT2D eigenvalue weighted by molar-refractivity contribution is -0.137. The molecule has 3 N–H and O–H groups in total. The lowest BCUT2D eigenvalue weighted by atomic mass is 10.2. The van der Waals surface area contributed by atoms with Crippen LogP contribution in [-0.2, 0) is 11.3 Å². The number of urea groups is 1. The molecular formula is C14H20N2O4. The second-order valence-corrected chi connectivity index (χ2v) is 4.19. The van der Waals surface area contributed by atoms with E-state index in [1.807, 2.05) is 31.2 Å². The molecule has 0 radical (unpaired) electrons. The summed E-state index contributed by atoms with van der Waals surface area (Å²) in [4.78, 5) is 21.8. The Kier molecular flexibility index (Phi) is 6.95. The molecule has 20 heavy (non-hydrogen) atoms. The summed E-state index contributed by atoms with van der Waals surface area (Å²) in [5, 5.41) is 13.8. The normalized spacial score (nSPS) is 9.85. The predicted octanol–water partition coefficient (Wildman–Crippen LogP) is 1.75. The van der Waals surface area contributed by atoms with E-state index >= 15 is 0 Å². The fourth-order valence-corrected chi connectivity index (χ4v) is 1.60. The molecule has 0 fully saturated rings. The molecule has 0 spiro atoms. The number of hydrogen-bond acceptors (Lipinski definition) is 3. The van der Waals surface area contributed by atoms with Crippen LogP contribution in [0.5, 0.6) is 5.75 Å². The van der Waals surface area contributed by atoms with Gasteiger partial charge in [-0.25, -0.2) is 4.79 Å². The van der Waals surface area contributed by atoms with Gasteiger partial charge in [-0.3, -0.25) is 4.79 Å². The summed E-state index contributed by atoms with van der Waals surface area (Å²) in [7, 11) is 0. The van der Waals surface area contributed by atoms with Gasteiger partial charge in [0.2, 0.25) is 0 Å². The van der Waals surface area contributed by atoms with Crippen molar-refractivity contribution in [2.24, 2.45) is 0 Å². The molecular weight excluding hydrogens is 260 g/mol. The van der Waals surface area contributed by atoms with Gasteiger partial charge in [-0.05, 0) is 31.0 Å². The summed E-state index contributed by atoms with van der Waals surface area (Å²) in [6.07, 6.45) is 0.471. The van der Waals surface area contributed by atoms with Crippen LogP contribution in [0.1, 0.15) is 25.3 Å². The SMILES string of the molecule is CCOc1cccc(CNC(=O)NCCCC(=O)O)c1. The number of carbonyl (C=O) groups is 2. The van der Waals surface area contributed by atoms with Crippen LogP contribution in [0.3, 0.4) is 0 Å². The molecule has 1 aromatic carbocycles. The van der Waals surface area contributed by atoms with E-state index in [4.69, 9.17) is 9.84 Å². The molecule has 1 rings (SSSR count). The number of benzene rings is 1. The summed E-state index contributed by atoms with van der Waals surface area (Å²) in [6, 6.07) is 7.19. The van der Waals surface area contributed by atoms with Crippen molar-refractivity contribution in [3.05, 3.63) is 29.8 Å². The average molecular weight is 280 g/mol. The zero-order valence-electron chi connectivity index (χ0n) is 11.5. The highest BCUT2D eigenvalue weighted by atomic mass is 16.5. The van der Waals surface area contributed by atoms with E-state index in [0.29, 0.717) is 26.1 Å². The smallest absolute Gasteiger partial charge is 0.315 e. The lowest BCUT2D eigenvalue weighted by Gasteiger charge is -2.08. The van der Waals surface area contributed by atoms with Crippen molar-refractivity contribution in [1.82, 2.24) is 10.6 Å². The first kappa shape index (κ1) is 15.8. The maximum atomic E-state index is 11.5. The first-order valence-corrected chi connectivity index (χ1v) is 6.57. The number of aliphatic carboxylic acids is 1. The number of hydrogen-bond donors (Lipinski definition) is 3. The molecule has 0 atom stereocenters. The highest BCUT2D eigenvalue weighted by Gasteiger charge is 2.02. The Morgan fingerprint density at radius 3 is 2.80 bits per heavy atom. The van der Waals surface area contributed by atoms with Crippen molar-refractivity contribution in [1.29, 1.82) is 0 Å². The molecule has 0 aliphatic rings. The molecule has 110 valence electrons. The lowest BCUT2D eigenvalue weighted by Crippen LogP contribution is -2.35. The van der Waals surface area contributed by atoms with Gasteiger partial charge in [-0.15, -0.1) is 0 Å². The molecule has 1 aromatic rings. The van der Waals surface area contributed by atoms with Crippen molar-refractivity contribution in [3.8, 4) is 5.75 Å². The minimum absolute atomic E-state index is 0.0523. The van der Waals surface area contributed by atoms with Crippen LogP contribution in [-0.4, -0.2) is 30.3 Å². The molecule has 2 amide bonds. The van der Waals surface area contributed by atoms with Gasteiger partial charge < -0.3 is 20.5 Å². The highest BCUT2D eigenvalue weighted by Crippen LogP contribution is 2.12. The van der Waals surface area contributed by atoms with Crippen molar-refractivity contribution in [3.63, 3.8) is 0 Å². The van der Waals surface area contributed by atoms with Crippen LogP contribution >= 0.6 is 0 Å². The summed E-state index contributed by atoms with van der Waals surface area (Å²) in [6.45, 7) is 3.25. The number of ether oxygens (including phenoxy) is 1. The monoisotopic (exact) mass is 280 g/mol. The van der Waals surface area contributed by atoms with E-state index < -0.39 is 5.97 Å². The Labute approximate surface area is 118 Å². The summed E-state index contributed by atoms with van der Waals surface area (Å²) >= 11 is 0. The van der Waals surface area contributed by atoms with Crippen molar-refractivity contribution < 1.29 is 19.4 Å². The Hall–Kier alpha value is -2.24. The zero-order chi connectivity index (χ0) is 14.8. The van der Waals surface area contributed by atoms with Crippen molar-refractivity contribution >= 4 is 12.0 Å². The predicted molar refractivity (Wildman–Crippen MR) is 74.7 cm³/mol. The van der Waals surface area contributed by atoms with Gasteiger partial charge in [-0.1, -0.05) is 12.1 Å². The second-order valence-electron chi connectivity index (χ2n) is 4.19. The van der Waals surface area contributed by atoms with E-state index in [-0.39, 0.29) is 12.5 Å². The first-order chi connectivity index (χ1) is 9.61. The van der Waals surface area contributed by atoms with Crippen LogP contribution in [0, 0.1) is 0 Å². The Balaban J connectivity index is 2.26. The molecule has 0 saturated carbocycles. The summed E-state index contributed by atoms with van der Waals surface area (Å²) in [5.74, 6) is -0.0892. The van der Waals surface area contributed by atoms with Crippen molar-refractivity contribution in [2.45, 2.75) is 26.3 Å². The number of rotatable bonds is 8. The minimum atomic E-state index is -0.861. The maximum Gasteiger partial charge on any atom is 0.315 e. The maximum absolute atomic E-state index is 11.5. The Bertz CT molecular complexity index is 449. The molecule has 6 heteroatoms. The van der Waals surface area contributed by atoms with Crippen LogP contribution in [0.25, 0.3) is 0 Å². The number of amides is 2. The second kappa shape index (κ2) is 8.79.